The van der Waals surface area contributed by atoms with E-state index < -0.39 is 0 Å². The van der Waals surface area contributed by atoms with Gasteiger partial charge in [-0.05, 0) is 43.0 Å². The van der Waals surface area contributed by atoms with E-state index in [0.29, 0.717) is 24.1 Å². The van der Waals surface area contributed by atoms with E-state index in [9.17, 15) is 9.18 Å². The smallest absolute Gasteiger partial charge is 0.224 e. The van der Waals surface area contributed by atoms with Gasteiger partial charge in [0.25, 0.3) is 0 Å². The first-order chi connectivity index (χ1) is 9.69. The maximum absolute atomic E-state index is 13.0. The highest BCUT2D eigenvalue weighted by Crippen LogP contribution is 2.19. The molecule has 1 aliphatic heterocycles. The summed E-state index contributed by atoms with van der Waals surface area (Å²) in [7, 11) is 0. The van der Waals surface area contributed by atoms with E-state index in [-0.39, 0.29) is 18.1 Å². The molecule has 2 unspecified atom stereocenters. The topological polar surface area (TPSA) is 41.1 Å². The largest absolute Gasteiger partial charge is 0.354 e. The number of amides is 1. The molecule has 2 atom stereocenters. The fourth-order valence-corrected chi connectivity index (χ4v) is 2.87. The molecule has 0 aromatic heterocycles. The number of carbonyl (C=O) groups is 1. The third-order valence-electron chi connectivity index (χ3n) is 4.02. The number of halogens is 1. The molecule has 0 radical (unpaired) electrons. The van der Waals surface area contributed by atoms with Gasteiger partial charge in [0.2, 0.25) is 5.91 Å². The summed E-state index contributed by atoms with van der Waals surface area (Å²) in [5.74, 6) is 0.298. The van der Waals surface area contributed by atoms with Crippen molar-refractivity contribution in [2.45, 2.75) is 38.6 Å². The van der Waals surface area contributed by atoms with Crippen molar-refractivity contribution in [2.75, 3.05) is 13.1 Å². The van der Waals surface area contributed by atoms with Crippen LogP contribution in [0.4, 0.5) is 4.39 Å². The van der Waals surface area contributed by atoms with Gasteiger partial charge < -0.3 is 10.6 Å². The first kappa shape index (κ1) is 15.0. The Hall–Kier alpha value is -1.42. The van der Waals surface area contributed by atoms with E-state index >= 15 is 0 Å². The molecule has 110 valence electrons. The third kappa shape index (κ3) is 4.30. The maximum Gasteiger partial charge on any atom is 0.224 e. The molecular formula is C16H23FN2O. The minimum absolute atomic E-state index is 0.0437. The van der Waals surface area contributed by atoms with E-state index in [2.05, 4.69) is 17.6 Å². The number of rotatable bonds is 5. The lowest BCUT2D eigenvalue weighted by atomic mass is 9.88. The molecule has 1 amide bonds. The number of nitrogens with one attached hydrogen (secondary N) is 2. The van der Waals surface area contributed by atoms with E-state index in [1.54, 1.807) is 12.1 Å². The average molecular weight is 278 g/mol. The van der Waals surface area contributed by atoms with Crippen LogP contribution in [0.2, 0.25) is 0 Å². The Balaban J connectivity index is 1.79. The third-order valence-corrected chi connectivity index (χ3v) is 4.02. The lowest BCUT2D eigenvalue weighted by Crippen LogP contribution is -2.48. The van der Waals surface area contributed by atoms with E-state index in [1.807, 2.05) is 0 Å². The summed E-state index contributed by atoms with van der Waals surface area (Å²) >= 11 is 0. The van der Waals surface area contributed by atoms with Gasteiger partial charge in [-0.25, -0.2) is 4.39 Å². The van der Waals surface area contributed by atoms with Gasteiger partial charge in [0.15, 0.2) is 0 Å². The highest BCUT2D eigenvalue weighted by atomic mass is 19.1. The molecule has 20 heavy (non-hydrogen) atoms. The second kappa shape index (κ2) is 7.39. The molecule has 1 heterocycles. The molecule has 1 fully saturated rings. The molecule has 1 aromatic rings. The van der Waals surface area contributed by atoms with Crippen LogP contribution in [-0.4, -0.2) is 25.0 Å². The number of hydrogen-bond acceptors (Lipinski definition) is 2. The summed E-state index contributed by atoms with van der Waals surface area (Å²) in [6.07, 6.45) is 3.82. The quantitative estimate of drug-likeness (QED) is 0.867. The van der Waals surface area contributed by atoms with E-state index in [4.69, 9.17) is 0 Å². The van der Waals surface area contributed by atoms with Crippen LogP contribution in [0.25, 0.3) is 0 Å². The number of benzene rings is 1. The molecule has 4 heteroatoms. The summed E-state index contributed by atoms with van der Waals surface area (Å²) in [6.45, 7) is 3.88. The van der Waals surface area contributed by atoms with Gasteiger partial charge in [-0.3, -0.25) is 4.79 Å². The average Bonchev–Trinajstić information content (AvgIpc) is 2.45. The second-order valence-corrected chi connectivity index (χ2v) is 5.48. The molecule has 0 bridgehead atoms. The molecular weight excluding hydrogens is 255 g/mol. The molecule has 3 nitrogen and oxygen atoms in total. The molecule has 1 aliphatic rings. The molecule has 2 N–H and O–H groups in total. The van der Waals surface area contributed by atoms with Gasteiger partial charge in [0, 0.05) is 12.6 Å². The van der Waals surface area contributed by atoms with Gasteiger partial charge in [-0.15, -0.1) is 0 Å². The Labute approximate surface area is 120 Å². The Morgan fingerprint density at radius 1 is 1.50 bits per heavy atom. The molecule has 0 spiro atoms. The number of hydrogen-bond donors (Lipinski definition) is 2. The van der Waals surface area contributed by atoms with Gasteiger partial charge in [-0.2, -0.15) is 0 Å². The van der Waals surface area contributed by atoms with Crippen molar-refractivity contribution in [2.24, 2.45) is 5.92 Å². The van der Waals surface area contributed by atoms with Crippen LogP contribution in [0.3, 0.4) is 0 Å². The van der Waals surface area contributed by atoms with Crippen LogP contribution in [-0.2, 0) is 11.2 Å². The predicted molar refractivity (Wildman–Crippen MR) is 77.9 cm³/mol. The Bertz CT molecular complexity index is 450. The molecule has 2 rings (SSSR count). The summed E-state index contributed by atoms with van der Waals surface area (Å²) in [4.78, 5) is 11.9. The first-order valence-electron chi connectivity index (χ1n) is 7.43. The zero-order chi connectivity index (χ0) is 14.4. The zero-order valence-corrected chi connectivity index (χ0v) is 12.0. The monoisotopic (exact) mass is 278 g/mol. The highest BCUT2D eigenvalue weighted by molar-refractivity contribution is 5.78. The van der Waals surface area contributed by atoms with Crippen LogP contribution < -0.4 is 10.6 Å². The normalized spacial score (nSPS) is 22.5. The second-order valence-electron chi connectivity index (χ2n) is 5.48. The molecule has 1 saturated heterocycles. The fourth-order valence-electron chi connectivity index (χ4n) is 2.87. The van der Waals surface area contributed by atoms with Gasteiger partial charge in [0.1, 0.15) is 5.82 Å². The molecule has 0 aliphatic carbocycles. The van der Waals surface area contributed by atoms with Gasteiger partial charge in [-0.1, -0.05) is 25.5 Å². The van der Waals surface area contributed by atoms with Crippen LogP contribution >= 0.6 is 0 Å². The number of piperidine rings is 1. The van der Waals surface area contributed by atoms with Crippen molar-refractivity contribution >= 4 is 5.91 Å². The molecule has 0 saturated carbocycles. The predicted octanol–water partition coefficient (Wildman–Crippen LogP) is 2.26. The maximum atomic E-state index is 13.0. The SMILES string of the molecule is CCC1CCCNC1CNC(=O)Cc1cccc(F)c1. The minimum atomic E-state index is -0.296. The number of carbonyl (C=O) groups excluding carboxylic acids is 1. The summed E-state index contributed by atoms with van der Waals surface area (Å²) < 4.78 is 13.0. The van der Waals surface area contributed by atoms with Crippen LogP contribution in [0.15, 0.2) is 24.3 Å². The Morgan fingerprint density at radius 3 is 3.10 bits per heavy atom. The van der Waals surface area contributed by atoms with Crippen molar-refractivity contribution in [3.63, 3.8) is 0 Å². The van der Waals surface area contributed by atoms with Crippen LogP contribution in [0, 0.1) is 11.7 Å². The van der Waals surface area contributed by atoms with Crippen molar-refractivity contribution in [1.29, 1.82) is 0 Å². The van der Waals surface area contributed by atoms with Crippen LogP contribution in [0.1, 0.15) is 31.7 Å². The summed E-state index contributed by atoms with van der Waals surface area (Å²) in [5, 5.41) is 6.43. The van der Waals surface area contributed by atoms with Crippen LogP contribution in [0.5, 0.6) is 0 Å². The molecule has 1 aromatic carbocycles. The zero-order valence-electron chi connectivity index (χ0n) is 12.0. The summed E-state index contributed by atoms with van der Waals surface area (Å²) in [6, 6.07) is 6.57. The standard InChI is InChI=1S/C16H23FN2O/c1-2-13-6-4-8-18-15(13)11-19-16(20)10-12-5-3-7-14(17)9-12/h3,5,7,9,13,15,18H,2,4,6,8,10-11H2,1H3,(H,19,20). The van der Waals surface area contributed by atoms with Gasteiger partial charge >= 0.3 is 0 Å². The van der Waals surface area contributed by atoms with Crippen molar-refractivity contribution in [3.05, 3.63) is 35.6 Å². The highest BCUT2D eigenvalue weighted by Gasteiger charge is 2.23. The lowest BCUT2D eigenvalue weighted by molar-refractivity contribution is -0.120. The van der Waals surface area contributed by atoms with E-state index in [0.717, 1.165) is 13.0 Å². The fraction of sp³-hybridized carbons (Fsp3) is 0.562. The van der Waals surface area contributed by atoms with Crippen molar-refractivity contribution < 1.29 is 9.18 Å². The van der Waals surface area contributed by atoms with Crippen molar-refractivity contribution in [3.8, 4) is 0 Å². The summed E-state index contributed by atoms with van der Waals surface area (Å²) in [5.41, 5.74) is 0.714. The Morgan fingerprint density at radius 2 is 2.35 bits per heavy atom. The minimum Gasteiger partial charge on any atom is -0.354 e. The first-order valence-corrected chi connectivity index (χ1v) is 7.43. The van der Waals surface area contributed by atoms with E-state index in [1.165, 1.54) is 25.0 Å². The van der Waals surface area contributed by atoms with Gasteiger partial charge in [0.05, 0.1) is 6.42 Å². The Kier molecular flexibility index (Phi) is 5.53. The lowest BCUT2D eigenvalue weighted by Gasteiger charge is -2.32. The van der Waals surface area contributed by atoms with Crippen molar-refractivity contribution in [1.82, 2.24) is 10.6 Å².